The Hall–Kier alpha value is -3.04. The molecule has 1 heterocycles. The van der Waals surface area contributed by atoms with Gasteiger partial charge < -0.3 is 9.64 Å². The standard InChI is InChI=1S/C19H24ClNO3.C10H8O3S/c1-2-24-19(23)16-9-12-21(13-10-16)14-11-18(22)8-5-15-3-6-17(20)7-4-15;11-14(12,13)10-6-5-8-3-1-2-4-9(8)7-10/h3-8,16H,2,9-14H2,1H3;1-7H,(H,11,12,13)/b8-5+;. The Kier molecular flexibility index (Phi) is 11.0. The summed E-state index contributed by atoms with van der Waals surface area (Å²) in [5, 5.41) is 2.42. The molecule has 1 saturated heterocycles. The van der Waals surface area contributed by atoms with Gasteiger partial charge in [0.1, 0.15) is 0 Å². The molecule has 9 heteroatoms. The van der Waals surface area contributed by atoms with Crippen LogP contribution in [0.4, 0.5) is 0 Å². The first-order valence-corrected chi connectivity index (χ1v) is 14.3. The first kappa shape index (κ1) is 29.5. The predicted molar refractivity (Wildman–Crippen MR) is 150 cm³/mol. The molecule has 0 aliphatic carbocycles. The molecule has 202 valence electrons. The van der Waals surface area contributed by atoms with Crippen LogP contribution in [0.5, 0.6) is 0 Å². The van der Waals surface area contributed by atoms with Crippen molar-refractivity contribution >= 4 is 50.3 Å². The molecule has 1 aliphatic rings. The fourth-order valence-electron chi connectivity index (χ4n) is 4.09. The average molecular weight is 558 g/mol. The summed E-state index contributed by atoms with van der Waals surface area (Å²) in [6.45, 7) is 4.69. The Morgan fingerprint density at radius 1 is 1.03 bits per heavy atom. The summed E-state index contributed by atoms with van der Waals surface area (Å²) in [7, 11) is -4.09. The van der Waals surface area contributed by atoms with E-state index in [4.69, 9.17) is 20.9 Å². The molecule has 1 fully saturated rings. The largest absolute Gasteiger partial charge is 0.466 e. The molecule has 0 unspecified atom stereocenters. The highest BCUT2D eigenvalue weighted by atomic mass is 35.5. The van der Waals surface area contributed by atoms with Gasteiger partial charge in [0, 0.05) is 18.0 Å². The number of likely N-dealkylation sites (tertiary alicyclic amines) is 1. The number of carbonyl (C=O) groups excluding carboxylic acids is 2. The number of hydrogen-bond donors (Lipinski definition) is 1. The second kappa shape index (κ2) is 14.2. The van der Waals surface area contributed by atoms with E-state index >= 15 is 0 Å². The van der Waals surface area contributed by atoms with E-state index in [1.807, 2.05) is 43.3 Å². The molecule has 0 aromatic heterocycles. The van der Waals surface area contributed by atoms with E-state index in [2.05, 4.69) is 4.90 Å². The van der Waals surface area contributed by atoms with E-state index in [1.165, 1.54) is 12.1 Å². The van der Waals surface area contributed by atoms with Gasteiger partial charge in [-0.15, -0.1) is 0 Å². The number of esters is 1. The van der Waals surface area contributed by atoms with Crippen LogP contribution < -0.4 is 0 Å². The van der Waals surface area contributed by atoms with Crippen LogP contribution in [0.15, 0.2) is 77.7 Å². The first-order chi connectivity index (χ1) is 18.2. The lowest BCUT2D eigenvalue weighted by atomic mass is 9.97. The normalized spacial score (nSPS) is 14.7. The third-order valence-corrected chi connectivity index (χ3v) is 7.33. The van der Waals surface area contributed by atoms with Crippen molar-refractivity contribution in [3.8, 4) is 0 Å². The second-order valence-corrected chi connectivity index (χ2v) is 10.8. The van der Waals surface area contributed by atoms with Crippen molar-refractivity contribution in [2.24, 2.45) is 5.92 Å². The number of ether oxygens (including phenoxy) is 1. The third kappa shape index (κ3) is 9.36. The molecule has 3 aromatic carbocycles. The number of halogens is 1. The first-order valence-electron chi connectivity index (χ1n) is 12.5. The Labute approximate surface area is 228 Å². The van der Waals surface area contributed by atoms with Gasteiger partial charge in [-0.2, -0.15) is 8.42 Å². The number of allylic oxidation sites excluding steroid dienone is 1. The molecule has 0 atom stereocenters. The molecule has 0 amide bonds. The molecule has 0 bridgehead atoms. The molecule has 4 rings (SSSR count). The van der Waals surface area contributed by atoms with Crippen LogP contribution in [0.2, 0.25) is 5.02 Å². The summed E-state index contributed by atoms with van der Waals surface area (Å²) < 4.78 is 35.6. The SMILES string of the molecule is CCOC(=O)C1CCN(CCC(=O)/C=C/c2ccc(Cl)cc2)CC1.O=S(=O)(O)c1ccc2ccccc2c1. The van der Waals surface area contributed by atoms with Gasteiger partial charge in [-0.25, -0.2) is 0 Å². The van der Waals surface area contributed by atoms with Crippen LogP contribution in [0.1, 0.15) is 31.7 Å². The maximum Gasteiger partial charge on any atom is 0.309 e. The molecule has 1 aliphatic heterocycles. The highest BCUT2D eigenvalue weighted by Gasteiger charge is 2.25. The number of rotatable bonds is 8. The van der Waals surface area contributed by atoms with Crippen molar-refractivity contribution in [2.45, 2.75) is 31.1 Å². The number of hydrogen-bond acceptors (Lipinski definition) is 6. The van der Waals surface area contributed by atoms with Crippen LogP contribution in [0.3, 0.4) is 0 Å². The monoisotopic (exact) mass is 557 g/mol. The summed E-state index contributed by atoms with van der Waals surface area (Å²) in [6.07, 6.45) is 5.55. The zero-order valence-electron chi connectivity index (χ0n) is 21.3. The van der Waals surface area contributed by atoms with Crippen molar-refractivity contribution in [3.63, 3.8) is 0 Å². The Morgan fingerprint density at radius 2 is 1.68 bits per heavy atom. The number of piperidine rings is 1. The zero-order valence-corrected chi connectivity index (χ0v) is 22.8. The molecule has 7 nitrogen and oxygen atoms in total. The van der Waals surface area contributed by atoms with Crippen LogP contribution in [-0.4, -0.2) is 55.9 Å². The molecule has 3 aromatic rings. The highest BCUT2D eigenvalue weighted by Crippen LogP contribution is 2.20. The van der Waals surface area contributed by atoms with Crippen LogP contribution in [0, 0.1) is 5.92 Å². The minimum absolute atomic E-state index is 0.0155. The van der Waals surface area contributed by atoms with Crippen molar-refractivity contribution in [2.75, 3.05) is 26.2 Å². The van der Waals surface area contributed by atoms with Gasteiger partial charge in [-0.1, -0.05) is 60.1 Å². The van der Waals surface area contributed by atoms with Gasteiger partial charge in [-0.05, 0) is 79.5 Å². The van der Waals surface area contributed by atoms with E-state index < -0.39 is 10.1 Å². The smallest absolute Gasteiger partial charge is 0.309 e. The lowest BCUT2D eigenvalue weighted by Gasteiger charge is -2.30. The zero-order chi connectivity index (χ0) is 27.5. The summed E-state index contributed by atoms with van der Waals surface area (Å²) in [4.78, 5) is 25.8. The Morgan fingerprint density at radius 3 is 2.32 bits per heavy atom. The van der Waals surface area contributed by atoms with Crippen molar-refractivity contribution in [1.29, 1.82) is 0 Å². The summed E-state index contributed by atoms with van der Waals surface area (Å²) in [6, 6.07) is 19.2. The average Bonchev–Trinajstić information content (AvgIpc) is 2.91. The Balaban J connectivity index is 0.000000241. The fourth-order valence-corrected chi connectivity index (χ4v) is 4.74. The van der Waals surface area contributed by atoms with Crippen molar-refractivity contribution in [3.05, 3.63) is 83.4 Å². The van der Waals surface area contributed by atoms with Gasteiger partial charge >= 0.3 is 5.97 Å². The van der Waals surface area contributed by atoms with E-state index in [0.29, 0.717) is 18.1 Å². The van der Waals surface area contributed by atoms with Crippen molar-refractivity contribution < 1.29 is 27.3 Å². The lowest BCUT2D eigenvalue weighted by Crippen LogP contribution is -2.37. The van der Waals surface area contributed by atoms with Gasteiger partial charge in [0.25, 0.3) is 10.1 Å². The van der Waals surface area contributed by atoms with E-state index in [9.17, 15) is 18.0 Å². The van der Waals surface area contributed by atoms with E-state index in [-0.39, 0.29) is 22.6 Å². The Bertz CT molecular complexity index is 1360. The minimum atomic E-state index is -4.09. The van der Waals surface area contributed by atoms with Crippen molar-refractivity contribution in [1.82, 2.24) is 4.90 Å². The summed E-state index contributed by atoms with van der Waals surface area (Å²) in [5.41, 5.74) is 0.961. The number of fused-ring (bicyclic) bond motifs is 1. The second-order valence-electron chi connectivity index (χ2n) is 8.95. The van der Waals surface area contributed by atoms with E-state index in [0.717, 1.165) is 48.8 Å². The molecule has 38 heavy (non-hydrogen) atoms. The molecule has 0 spiro atoms. The summed E-state index contributed by atoms with van der Waals surface area (Å²) >= 11 is 5.83. The van der Waals surface area contributed by atoms with Crippen LogP contribution in [-0.2, 0) is 24.4 Å². The van der Waals surface area contributed by atoms with Crippen LogP contribution in [0.25, 0.3) is 16.8 Å². The fraction of sp³-hybridized carbons (Fsp3) is 0.310. The number of carbonyl (C=O) groups is 2. The molecule has 0 saturated carbocycles. The quantitative estimate of drug-likeness (QED) is 0.216. The maximum absolute atomic E-state index is 12.0. The number of ketones is 1. The minimum Gasteiger partial charge on any atom is -0.466 e. The van der Waals surface area contributed by atoms with Gasteiger partial charge in [-0.3, -0.25) is 14.1 Å². The summed E-state index contributed by atoms with van der Waals surface area (Å²) in [5.74, 6) is 0.0401. The number of nitrogens with zero attached hydrogens (tertiary/aromatic N) is 1. The number of benzene rings is 3. The van der Waals surface area contributed by atoms with Gasteiger partial charge in [0.2, 0.25) is 0 Å². The molecular formula is C29H32ClNO6S. The van der Waals surface area contributed by atoms with Crippen LogP contribution >= 0.6 is 11.6 Å². The van der Waals surface area contributed by atoms with Gasteiger partial charge in [0.05, 0.1) is 17.4 Å². The lowest BCUT2D eigenvalue weighted by molar-refractivity contribution is -0.149. The molecule has 0 radical (unpaired) electrons. The van der Waals surface area contributed by atoms with E-state index in [1.54, 1.807) is 30.3 Å². The van der Waals surface area contributed by atoms with Gasteiger partial charge in [0.15, 0.2) is 5.78 Å². The highest BCUT2D eigenvalue weighted by molar-refractivity contribution is 7.85. The topological polar surface area (TPSA) is 101 Å². The molecular weight excluding hydrogens is 526 g/mol. The third-order valence-electron chi connectivity index (χ3n) is 6.23. The maximum atomic E-state index is 12.0. The predicted octanol–water partition coefficient (Wildman–Crippen LogP) is 5.67. The molecule has 1 N–H and O–H groups in total.